The van der Waals surface area contributed by atoms with E-state index in [1.807, 2.05) is 0 Å². The first-order valence-corrected chi connectivity index (χ1v) is 6.70. The van der Waals surface area contributed by atoms with E-state index < -0.39 is 5.97 Å². The number of hydrogen-bond acceptors (Lipinski definition) is 4. The molecule has 1 aromatic heterocycles. The molecule has 0 radical (unpaired) electrons. The van der Waals surface area contributed by atoms with Gasteiger partial charge in [0.2, 0.25) is 0 Å². The zero-order valence-electron chi connectivity index (χ0n) is 11.5. The number of hydrogen-bond donors (Lipinski definition) is 0. The molecule has 0 saturated heterocycles. The molecule has 3 rings (SSSR count). The van der Waals surface area contributed by atoms with Crippen LogP contribution in [0.5, 0.6) is 0 Å². The van der Waals surface area contributed by atoms with Crippen molar-refractivity contribution >= 4 is 5.97 Å². The number of aromatic nitrogens is 2. The third-order valence-corrected chi connectivity index (χ3v) is 2.97. The van der Waals surface area contributed by atoms with E-state index in [4.69, 9.17) is 4.74 Å². The Labute approximate surface area is 119 Å². The number of fused-ring (bicyclic) bond motifs is 9. The predicted molar refractivity (Wildman–Crippen MR) is 74.8 cm³/mol. The highest BCUT2D eigenvalue weighted by atomic mass is 16.5. The van der Waals surface area contributed by atoms with E-state index in [1.165, 1.54) is 7.11 Å². The maximum atomic E-state index is 11.8. The van der Waals surface area contributed by atoms with Crippen LogP contribution in [-0.2, 0) is 17.6 Å². The zero-order chi connectivity index (χ0) is 14.2. The van der Waals surface area contributed by atoms with Crippen molar-refractivity contribution < 1.29 is 9.53 Å². The van der Waals surface area contributed by atoms with Gasteiger partial charge in [0.25, 0.3) is 0 Å². The third-order valence-electron chi connectivity index (χ3n) is 2.97. The van der Waals surface area contributed by atoms with Gasteiger partial charge in [0.15, 0.2) is 5.69 Å². The maximum absolute atomic E-state index is 11.8. The van der Waals surface area contributed by atoms with Gasteiger partial charge in [-0.25, -0.2) is 9.78 Å². The van der Waals surface area contributed by atoms with Crippen LogP contribution in [0.25, 0.3) is 0 Å². The van der Waals surface area contributed by atoms with Crippen LogP contribution in [0.4, 0.5) is 0 Å². The lowest BCUT2D eigenvalue weighted by Crippen LogP contribution is -2.12. The Kier molecular flexibility index (Phi) is 5.15. The quantitative estimate of drug-likeness (QED) is 0.577. The Morgan fingerprint density at radius 1 is 1.20 bits per heavy atom. The van der Waals surface area contributed by atoms with Crippen LogP contribution in [0, 0.1) is 23.7 Å². The van der Waals surface area contributed by atoms with E-state index in [2.05, 4.69) is 33.6 Å². The second-order valence-corrected chi connectivity index (χ2v) is 4.46. The van der Waals surface area contributed by atoms with Crippen LogP contribution in [0.3, 0.4) is 0 Å². The molecular formula is C16H16N2O2. The molecule has 2 bridgehead atoms. The summed E-state index contributed by atoms with van der Waals surface area (Å²) >= 11 is 0. The number of ether oxygens (including phenoxy) is 1. The van der Waals surface area contributed by atoms with Crippen LogP contribution in [-0.4, -0.2) is 23.0 Å². The van der Waals surface area contributed by atoms with Gasteiger partial charge in [-0.1, -0.05) is 11.8 Å². The number of methoxy groups -OCH3 is 1. The van der Waals surface area contributed by atoms with Crippen LogP contribution in [0.15, 0.2) is 6.20 Å². The normalized spacial score (nSPS) is 14.2. The lowest BCUT2D eigenvalue weighted by molar-refractivity contribution is 0.0591. The minimum Gasteiger partial charge on any atom is -0.464 e. The number of rotatable bonds is 1. The fourth-order valence-electron chi connectivity index (χ4n) is 1.93. The molecule has 0 fully saturated rings. The molecule has 2 aliphatic heterocycles. The highest BCUT2D eigenvalue weighted by Crippen LogP contribution is 2.11. The molecule has 4 heteroatoms. The Bertz CT molecular complexity index is 615. The first-order valence-electron chi connectivity index (χ1n) is 6.70. The van der Waals surface area contributed by atoms with Gasteiger partial charge in [-0.3, -0.25) is 4.98 Å². The van der Waals surface area contributed by atoms with Gasteiger partial charge in [-0.15, -0.1) is 0 Å². The monoisotopic (exact) mass is 268 g/mol. The standard InChI is InChI=1S/C16H16N2O2/c1-20-16(19)15-14-11-9-7-5-3-2-4-6-8-10-13(18-15)12-17-14/h12H,6-11H2,1H3. The minimum atomic E-state index is -0.424. The van der Waals surface area contributed by atoms with Gasteiger partial charge in [-0.05, 0) is 37.5 Å². The van der Waals surface area contributed by atoms with Crippen molar-refractivity contribution in [3.05, 3.63) is 23.3 Å². The Morgan fingerprint density at radius 3 is 2.60 bits per heavy atom. The average Bonchev–Trinajstić information content (AvgIpc) is 2.49. The van der Waals surface area contributed by atoms with Gasteiger partial charge in [0.05, 0.1) is 18.5 Å². The van der Waals surface area contributed by atoms with Crippen LogP contribution in [0.1, 0.15) is 47.6 Å². The highest BCUT2D eigenvalue weighted by molar-refractivity contribution is 5.88. The lowest BCUT2D eigenvalue weighted by atomic mass is 10.1. The Balaban J connectivity index is 2.28. The molecule has 0 N–H and O–H groups in total. The maximum Gasteiger partial charge on any atom is 0.358 e. The molecule has 2 aliphatic rings. The summed E-state index contributed by atoms with van der Waals surface area (Å²) in [5, 5.41) is 0. The van der Waals surface area contributed by atoms with Crippen LogP contribution < -0.4 is 0 Å². The molecule has 0 unspecified atom stereocenters. The summed E-state index contributed by atoms with van der Waals surface area (Å²) in [6.07, 6.45) is 6.37. The molecule has 3 heterocycles. The molecule has 0 spiro atoms. The number of carbonyl (C=O) groups is 1. The first-order chi connectivity index (χ1) is 9.81. The molecule has 0 saturated carbocycles. The predicted octanol–water partition coefficient (Wildman–Crippen LogP) is 1.93. The topological polar surface area (TPSA) is 52.1 Å². The van der Waals surface area contributed by atoms with Crippen LogP contribution in [0.2, 0.25) is 0 Å². The Hall–Kier alpha value is -2.33. The van der Waals surface area contributed by atoms with Gasteiger partial charge >= 0.3 is 5.97 Å². The van der Waals surface area contributed by atoms with E-state index in [0.29, 0.717) is 17.8 Å². The highest BCUT2D eigenvalue weighted by Gasteiger charge is 2.15. The van der Waals surface area contributed by atoms with Crippen LogP contribution >= 0.6 is 0 Å². The Morgan fingerprint density at radius 2 is 1.90 bits per heavy atom. The molecule has 20 heavy (non-hydrogen) atoms. The van der Waals surface area contributed by atoms with E-state index >= 15 is 0 Å². The smallest absolute Gasteiger partial charge is 0.358 e. The molecule has 0 aliphatic carbocycles. The average molecular weight is 268 g/mol. The number of nitrogens with zero attached hydrogens (tertiary/aromatic N) is 2. The van der Waals surface area contributed by atoms with E-state index in [0.717, 1.165) is 37.8 Å². The number of esters is 1. The largest absolute Gasteiger partial charge is 0.464 e. The molecule has 4 nitrogen and oxygen atoms in total. The summed E-state index contributed by atoms with van der Waals surface area (Å²) in [5.41, 5.74) is 1.82. The fraction of sp³-hybridized carbons (Fsp3) is 0.438. The number of carbonyl (C=O) groups excluding carboxylic acids is 1. The van der Waals surface area contributed by atoms with Crippen molar-refractivity contribution in [1.29, 1.82) is 0 Å². The van der Waals surface area contributed by atoms with E-state index in [-0.39, 0.29) is 0 Å². The van der Waals surface area contributed by atoms with Crippen molar-refractivity contribution in [3.63, 3.8) is 0 Å². The third kappa shape index (κ3) is 3.83. The van der Waals surface area contributed by atoms with Crippen molar-refractivity contribution in [1.82, 2.24) is 9.97 Å². The van der Waals surface area contributed by atoms with Gasteiger partial charge in [0, 0.05) is 19.0 Å². The van der Waals surface area contributed by atoms with Crippen molar-refractivity contribution in [2.75, 3.05) is 7.11 Å². The second-order valence-electron chi connectivity index (χ2n) is 4.46. The summed E-state index contributed by atoms with van der Waals surface area (Å²) in [7, 11) is 1.36. The second kappa shape index (κ2) is 7.31. The van der Waals surface area contributed by atoms with E-state index in [1.54, 1.807) is 6.20 Å². The first kappa shape index (κ1) is 14.1. The van der Waals surface area contributed by atoms with Crippen molar-refractivity contribution in [2.45, 2.75) is 38.5 Å². The molecule has 0 atom stereocenters. The zero-order valence-corrected chi connectivity index (χ0v) is 11.5. The minimum absolute atomic E-state index is 0.334. The summed E-state index contributed by atoms with van der Waals surface area (Å²) < 4.78 is 4.78. The molecule has 102 valence electrons. The molecular weight excluding hydrogens is 252 g/mol. The van der Waals surface area contributed by atoms with Gasteiger partial charge in [-0.2, -0.15) is 0 Å². The number of aryl methyl sites for hydroxylation is 2. The molecule has 0 amide bonds. The summed E-state index contributed by atoms with van der Waals surface area (Å²) in [5.74, 6) is 11.3. The van der Waals surface area contributed by atoms with Gasteiger partial charge in [0.1, 0.15) is 0 Å². The summed E-state index contributed by atoms with van der Waals surface area (Å²) in [6, 6.07) is 0. The SMILES string of the molecule is COC(=O)c1nc2cnc1CCCC#CC#CCCC2. The van der Waals surface area contributed by atoms with Crippen molar-refractivity contribution in [3.8, 4) is 23.7 Å². The fourth-order valence-corrected chi connectivity index (χ4v) is 1.93. The lowest BCUT2D eigenvalue weighted by Gasteiger charge is -2.08. The van der Waals surface area contributed by atoms with Gasteiger partial charge < -0.3 is 4.74 Å². The summed E-state index contributed by atoms with van der Waals surface area (Å²) in [6.45, 7) is 0. The molecule has 1 aromatic rings. The summed E-state index contributed by atoms with van der Waals surface area (Å²) in [4.78, 5) is 20.5. The van der Waals surface area contributed by atoms with Crippen molar-refractivity contribution in [2.24, 2.45) is 0 Å². The van der Waals surface area contributed by atoms with E-state index in [9.17, 15) is 4.79 Å². The molecule has 0 aromatic carbocycles.